The van der Waals surface area contributed by atoms with Gasteiger partial charge in [-0.05, 0) is 74.1 Å². The number of fused-ring (bicyclic) bond motifs is 9. The molecule has 0 bridgehead atoms. The summed E-state index contributed by atoms with van der Waals surface area (Å²) in [4.78, 5) is 0. The van der Waals surface area contributed by atoms with E-state index in [1.54, 1.807) is 0 Å². The first kappa shape index (κ1) is 21.6. The minimum atomic E-state index is 0.841. The number of hydrogen-bond donors (Lipinski definition) is 0. The van der Waals surface area contributed by atoms with E-state index in [4.69, 9.17) is 8.83 Å². The summed E-state index contributed by atoms with van der Waals surface area (Å²) in [6, 6.07) is 47.2. The molecule has 0 unspecified atom stereocenters. The summed E-state index contributed by atoms with van der Waals surface area (Å²) in [7, 11) is 0. The predicted octanol–water partition coefficient (Wildman–Crippen LogP) is 11.1. The summed E-state index contributed by atoms with van der Waals surface area (Å²) in [6.07, 6.45) is 0. The number of furan rings is 2. The zero-order valence-electron chi connectivity index (χ0n) is 21.5. The van der Waals surface area contributed by atoms with Crippen LogP contribution in [0.2, 0.25) is 0 Å². The molecule has 0 saturated heterocycles. The topological polar surface area (TPSA) is 26.3 Å². The molecular formula is C38H22O2. The van der Waals surface area contributed by atoms with Gasteiger partial charge in [0.2, 0.25) is 0 Å². The van der Waals surface area contributed by atoms with Crippen LogP contribution in [0.25, 0.3) is 87.7 Å². The summed E-state index contributed by atoms with van der Waals surface area (Å²) in [5, 5.41) is 9.30. The van der Waals surface area contributed by atoms with E-state index in [1.165, 1.54) is 38.2 Å². The van der Waals surface area contributed by atoms with Crippen LogP contribution in [0, 0.1) is 0 Å². The average Bonchev–Trinajstić information content (AvgIpc) is 3.58. The van der Waals surface area contributed by atoms with E-state index in [0.717, 1.165) is 49.4 Å². The number of benzene rings is 7. The van der Waals surface area contributed by atoms with Crippen molar-refractivity contribution < 1.29 is 8.83 Å². The van der Waals surface area contributed by atoms with Gasteiger partial charge in [0.15, 0.2) is 0 Å². The predicted molar refractivity (Wildman–Crippen MR) is 167 cm³/mol. The molecule has 0 radical (unpaired) electrons. The Bertz CT molecular complexity index is 2370. The molecule has 0 saturated carbocycles. The third-order valence-corrected chi connectivity index (χ3v) is 8.26. The van der Waals surface area contributed by atoms with Crippen molar-refractivity contribution in [1.29, 1.82) is 0 Å². The van der Waals surface area contributed by atoms with Crippen LogP contribution in [0.5, 0.6) is 0 Å². The Morgan fingerprint density at radius 1 is 0.325 bits per heavy atom. The highest BCUT2D eigenvalue weighted by Crippen LogP contribution is 2.45. The molecule has 0 fully saturated rings. The van der Waals surface area contributed by atoms with Crippen molar-refractivity contribution in [1.82, 2.24) is 0 Å². The molecule has 2 nitrogen and oxygen atoms in total. The maximum atomic E-state index is 6.42. The van der Waals surface area contributed by atoms with Crippen molar-refractivity contribution in [2.24, 2.45) is 0 Å². The van der Waals surface area contributed by atoms with Crippen LogP contribution in [0.4, 0.5) is 0 Å². The molecule has 2 heteroatoms. The van der Waals surface area contributed by atoms with E-state index in [0.29, 0.717) is 0 Å². The van der Waals surface area contributed by atoms with E-state index in [9.17, 15) is 0 Å². The van der Waals surface area contributed by atoms with Crippen molar-refractivity contribution in [3.8, 4) is 22.3 Å². The summed E-state index contributed by atoms with van der Waals surface area (Å²) >= 11 is 0. The van der Waals surface area contributed by atoms with Gasteiger partial charge in [-0.3, -0.25) is 0 Å². The number of hydrogen-bond acceptors (Lipinski definition) is 2. The maximum absolute atomic E-state index is 6.42. The smallest absolute Gasteiger partial charge is 0.147 e. The minimum Gasteiger partial charge on any atom is -0.456 e. The van der Waals surface area contributed by atoms with Crippen molar-refractivity contribution in [2.75, 3.05) is 0 Å². The Hall–Kier alpha value is -5.34. The van der Waals surface area contributed by atoms with Gasteiger partial charge in [0.05, 0.1) is 5.39 Å². The Morgan fingerprint density at radius 3 is 1.57 bits per heavy atom. The highest BCUT2D eigenvalue weighted by Gasteiger charge is 2.19. The van der Waals surface area contributed by atoms with E-state index in [-0.39, 0.29) is 0 Å². The molecule has 0 N–H and O–H groups in total. The van der Waals surface area contributed by atoms with Gasteiger partial charge in [-0.15, -0.1) is 0 Å². The molecule has 186 valence electrons. The van der Waals surface area contributed by atoms with E-state index >= 15 is 0 Å². The first-order valence-electron chi connectivity index (χ1n) is 13.6. The fraction of sp³-hybridized carbons (Fsp3) is 0. The lowest BCUT2D eigenvalue weighted by atomic mass is 9.86. The molecule has 0 amide bonds. The molecule has 0 aliphatic rings. The van der Waals surface area contributed by atoms with Crippen LogP contribution in [-0.4, -0.2) is 0 Å². The maximum Gasteiger partial charge on any atom is 0.147 e. The quantitative estimate of drug-likeness (QED) is 0.216. The molecule has 0 aliphatic carbocycles. The fourth-order valence-corrected chi connectivity index (χ4v) is 6.55. The summed E-state index contributed by atoms with van der Waals surface area (Å²) in [5.74, 6) is 0. The lowest BCUT2D eigenvalue weighted by molar-refractivity contribution is 0.663. The second-order valence-corrected chi connectivity index (χ2v) is 10.4. The monoisotopic (exact) mass is 510 g/mol. The van der Waals surface area contributed by atoms with Gasteiger partial charge < -0.3 is 8.83 Å². The zero-order chi connectivity index (χ0) is 26.2. The first-order valence-corrected chi connectivity index (χ1v) is 13.6. The minimum absolute atomic E-state index is 0.841. The van der Waals surface area contributed by atoms with E-state index in [1.807, 2.05) is 12.1 Å². The summed E-state index contributed by atoms with van der Waals surface area (Å²) < 4.78 is 12.8. The Kier molecular flexibility index (Phi) is 4.36. The van der Waals surface area contributed by atoms with Crippen LogP contribution in [-0.2, 0) is 0 Å². The SMILES string of the molecule is c1ccc(-c2c3ccccc3c(-c3ccc4oc5ccc6c7ccccc7oc6c5c4c3)c3ccccc23)cc1. The van der Waals surface area contributed by atoms with E-state index in [2.05, 4.69) is 121 Å². The van der Waals surface area contributed by atoms with Gasteiger partial charge in [-0.25, -0.2) is 0 Å². The van der Waals surface area contributed by atoms with Crippen LogP contribution < -0.4 is 0 Å². The van der Waals surface area contributed by atoms with Crippen LogP contribution in [0.3, 0.4) is 0 Å². The lowest BCUT2D eigenvalue weighted by Crippen LogP contribution is -1.90. The molecule has 9 aromatic rings. The molecule has 2 heterocycles. The molecule has 40 heavy (non-hydrogen) atoms. The average molecular weight is 511 g/mol. The lowest BCUT2D eigenvalue weighted by Gasteiger charge is -2.17. The van der Waals surface area contributed by atoms with Gasteiger partial charge in [-0.2, -0.15) is 0 Å². The molecule has 9 rings (SSSR count). The van der Waals surface area contributed by atoms with Gasteiger partial charge in [0.25, 0.3) is 0 Å². The number of rotatable bonds is 2. The van der Waals surface area contributed by atoms with Crippen molar-refractivity contribution in [3.05, 3.63) is 133 Å². The molecule has 0 atom stereocenters. The Morgan fingerprint density at radius 2 is 0.875 bits per heavy atom. The molecule has 0 spiro atoms. The van der Waals surface area contributed by atoms with Crippen LogP contribution in [0.15, 0.2) is 142 Å². The number of para-hydroxylation sites is 1. The largest absolute Gasteiger partial charge is 0.456 e. The van der Waals surface area contributed by atoms with Gasteiger partial charge in [-0.1, -0.05) is 103 Å². The molecule has 7 aromatic carbocycles. The van der Waals surface area contributed by atoms with Gasteiger partial charge in [0.1, 0.15) is 22.3 Å². The molecule has 0 aliphatic heterocycles. The molecular weight excluding hydrogens is 488 g/mol. The normalized spacial score (nSPS) is 12.0. The first-order chi connectivity index (χ1) is 19.8. The second kappa shape index (κ2) is 8.08. The molecule has 2 aromatic heterocycles. The van der Waals surface area contributed by atoms with Crippen molar-refractivity contribution >= 4 is 65.4 Å². The van der Waals surface area contributed by atoms with Gasteiger partial charge in [0, 0.05) is 16.2 Å². The van der Waals surface area contributed by atoms with Crippen molar-refractivity contribution in [3.63, 3.8) is 0 Å². The van der Waals surface area contributed by atoms with Gasteiger partial charge >= 0.3 is 0 Å². The third-order valence-electron chi connectivity index (χ3n) is 8.26. The summed E-state index contributed by atoms with van der Waals surface area (Å²) in [5.41, 5.74) is 8.37. The summed E-state index contributed by atoms with van der Waals surface area (Å²) in [6.45, 7) is 0. The zero-order valence-corrected chi connectivity index (χ0v) is 21.5. The third kappa shape index (κ3) is 2.93. The van der Waals surface area contributed by atoms with E-state index < -0.39 is 0 Å². The van der Waals surface area contributed by atoms with Crippen LogP contribution in [0.1, 0.15) is 0 Å². The van der Waals surface area contributed by atoms with Crippen molar-refractivity contribution in [2.45, 2.75) is 0 Å². The highest BCUT2D eigenvalue weighted by atomic mass is 16.3. The highest BCUT2D eigenvalue weighted by molar-refractivity contribution is 6.24. The Labute approximate surface area is 229 Å². The second-order valence-electron chi connectivity index (χ2n) is 10.4. The fourth-order valence-electron chi connectivity index (χ4n) is 6.55. The van der Waals surface area contributed by atoms with Crippen LogP contribution >= 0.6 is 0 Å². The standard InChI is InChI=1S/C38H22O2/c1-2-10-23(11-3-1)35-26-13-4-6-15-28(26)36(29-16-7-5-14-27(29)35)24-18-20-33-31(22-24)37-34(39-33)21-19-30-25-12-8-9-17-32(25)40-38(30)37/h1-22H. The Balaban J connectivity index is 1.41.